The maximum Gasteiger partial charge on any atom is 0.268 e. The molecule has 0 bridgehead atoms. The van der Waals surface area contributed by atoms with Crippen LogP contribution in [0.2, 0.25) is 5.02 Å². The minimum absolute atomic E-state index is 0.260. The minimum Gasteiger partial charge on any atom is -0.368 e. The van der Waals surface area contributed by atoms with Crippen LogP contribution < -0.4 is 9.80 Å². The molecular weight excluding hydrogens is 386 g/mol. The van der Waals surface area contributed by atoms with Crippen LogP contribution in [0.1, 0.15) is 41.5 Å². The highest BCUT2D eigenvalue weighted by atomic mass is 35.5. The molecule has 0 aliphatic carbocycles. The lowest BCUT2D eigenvalue weighted by atomic mass is 9.95. The van der Waals surface area contributed by atoms with Crippen LogP contribution in [0.25, 0.3) is 0 Å². The van der Waals surface area contributed by atoms with Crippen LogP contribution >= 0.6 is 11.6 Å². The van der Waals surface area contributed by atoms with Gasteiger partial charge in [0.1, 0.15) is 0 Å². The molecule has 0 N–H and O–H groups in total. The summed E-state index contributed by atoms with van der Waals surface area (Å²) in [5, 5.41) is 0.495. The monoisotopic (exact) mass is 411 g/mol. The van der Waals surface area contributed by atoms with E-state index in [-0.39, 0.29) is 17.2 Å². The molecule has 0 aromatic heterocycles. The number of fused-ring (bicyclic) bond motifs is 1. The van der Waals surface area contributed by atoms with Crippen LogP contribution in [0, 0.1) is 5.41 Å². The van der Waals surface area contributed by atoms with Crippen molar-refractivity contribution in [3.8, 4) is 0 Å². The molecule has 0 radical (unpaired) electrons. The number of anilines is 2. The molecule has 0 spiro atoms. The van der Waals surface area contributed by atoms with Crippen molar-refractivity contribution in [2.24, 2.45) is 5.41 Å². The molecule has 152 valence electrons. The van der Waals surface area contributed by atoms with E-state index in [0.29, 0.717) is 21.8 Å². The first-order valence-electron chi connectivity index (χ1n) is 9.99. The molecule has 0 saturated carbocycles. The van der Waals surface area contributed by atoms with Crippen molar-refractivity contribution in [3.63, 3.8) is 0 Å². The van der Waals surface area contributed by atoms with E-state index in [4.69, 9.17) is 11.6 Å². The van der Waals surface area contributed by atoms with Gasteiger partial charge < -0.3 is 4.90 Å². The maximum absolute atomic E-state index is 13.3. The lowest BCUT2D eigenvalue weighted by Gasteiger charge is -2.39. The molecule has 0 unspecified atom stereocenters. The number of amides is 2. The lowest BCUT2D eigenvalue weighted by Crippen LogP contribution is -2.49. The van der Waals surface area contributed by atoms with Crippen molar-refractivity contribution in [3.05, 3.63) is 58.6 Å². The summed E-state index contributed by atoms with van der Waals surface area (Å²) in [4.78, 5) is 32.2. The zero-order valence-corrected chi connectivity index (χ0v) is 17.9. The number of benzene rings is 2. The second kappa shape index (κ2) is 7.47. The van der Waals surface area contributed by atoms with Gasteiger partial charge in [0.05, 0.1) is 22.5 Å². The highest BCUT2D eigenvalue weighted by Crippen LogP contribution is 2.35. The van der Waals surface area contributed by atoms with Crippen LogP contribution in [0.4, 0.5) is 11.4 Å². The highest BCUT2D eigenvalue weighted by Gasteiger charge is 2.39. The Labute approximate surface area is 176 Å². The van der Waals surface area contributed by atoms with Gasteiger partial charge in [-0.25, -0.2) is 4.90 Å². The van der Waals surface area contributed by atoms with E-state index in [0.717, 1.165) is 38.4 Å². The van der Waals surface area contributed by atoms with E-state index in [2.05, 4.69) is 30.6 Å². The maximum atomic E-state index is 13.3. The SMILES string of the molecule is CC(C)(C)CN1CCN(c2cccc3c2C(=O)N(c2cccc(Cl)c2)C3=O)CC1. The molecule has 1 saturated heterocycles. The molecule has 2 aromatic carbocycles. The smallest absolute Gasteiger partial charge is 0.268 e. The molecule has 2 aliphatic rings. The number of piperazine rings is 1. The van der Waals surface area contributed by atoms with E-state index in [1.54, 1.807) is 30.3 Å². The van der Waals surface area contributed by atoms with Crippen molar-refractivity contribution < 1.29 is 9.59 Å². The second-order valence-corrected chi connectivity index (χ2v) is 9.39. The van der Waals surface area contributed by atoms with Gasteiger partial charge >= 0.3 is 0 Å². The van der Waals surface area contributed by atoms with Crippen LogP contribution in [-0.4, -0.2) is 49.4 Å². The fraction of sp³-hybridized carbons (Fsp3) is 0.391. The Morgan fingerprint density at radius 3 is 2.28 bits per heavy atom. The predicted octanol–water partition coefficient (Wildman–Crippen LogP) is 4.31. The summed E-state index contributed by atoms with van der Waals surface area (Å²) in [6.45, 7) is 11.4. The van der Waals surface area contributed by atoms with E-state index >= 15 is 0 Å². The van der Waals surface area contributed by atoms with Crippen LogP contribution in [0.5, 0.6) is 0 Å². The Bertz CT molecular complexity index is 959. The number of rotatable bonds is 3. The quantitative estimate of drug-likeness (QED) is 0.706. The molecule has 4 rings (SSSR count). The van der Waals surface area contributed by atoms with Gasteiger partial charge in [-0.1, -0.05) is 44.5 Å². The summed E-state index contributed by atoms with van der Waals surface area (Å²) in [5.74, 6) is -0.569. The summed E-state index contributed by atoms with van der Waals surface area (Å²) in [6, 6.07) is 12.4. The molecule has 29 heavy (non-hydrogen) atoms. The van der Waals surface area contributed by atoms with Crippen LogP contribution in [0.3, 0.4) is 0 Å². The Morgan fingerprint density at radius 1 is 0.931 bits per heavy atom. The van der Waals surface area contributed by atoms with Gasteiger partial charge in [-0.05, 0) is 35.7 Å². The Kier molecular flexibility index (Phi) is 5.13. The zero-order chi connectivity index (χ0) is 20.8. The fourth-order valence-electron chi connectivity index (χ4n) is 4.20. The lowest BCUT2D eigenvalue weighted by molar-refractivity contribution is 0.0926. The van der Waals surface area contributed by atoms with Gasteiger partial charge in [0.25, 0.3) is 11.8 Å². The number of imide groups is 1. The van der Waals surface area contributed by atoms with Gasteiger partial charge in [0, 0.05) is 37.7 Å². The number of hydrogen-bond donors (Lipinski definition) is 0. The number of carbonyl (C=O) groups excluding carboxylic acids is 2. The average molecular weight is 412 g/mol. The molecule has 6 heteroatoms. The third-order valence-electron chi connectivity index (χ3n) is 5.37. The highest BCUT2D eigenvalue weighted by molar-refractivity contribution is 6.37. The third-order valence-corrected chi connectivity index (χ3v) is 5.61. The van der Waals surface area contributed by atoms with E-state index in [1.165, 1.54) is 4.90 Å². The Balaban J connectivity index is 1.60. The first kappa shape index (κ1) is 19.9. The van der Waals surface area contributed by atoms with Crippen molar-refractivity contribution in [1.29, 1.82) is 0 Å². The van der Waals surface area contributed by atoms with Crippen molar-refractivity contribution >= 4 is 34.8 Å². The van der Waals surface area contributed by atoms with Crippen LogP contribution in [-0.2, 0) is 0 Å². The van der Waals surface area contributed by atoms with Gasteiger partial charge in [0.2, 0.25) is 0 Å². The molecule has 0 atom stereocenters. The molecule has 2 aliphatic heterocycles. The Hall–Kier alpha value is -2.37. The summed E-state index contributed by atoms with van der Waals surface area (Å²) in [5.41, 5.74) is 2.58. The molecule has 2 amide bonds. The number of halogens is 1. The van der Waals surface area contributed by atoms with Gasteiger partial charge in [-0.15, -0.1) is 0 Å². The van der Waals surface area contributed by atoms with E-state index in [1.807, 2.05) is 12.1 Å². The van der Waals surface area contributed by atoms with Crippen LogP contribution in [0.15, 0.2) is 42.5 Å². The largest absolute Gasteiger partial charge is 0.368 e. The standard InChI is InChI=1S/C23H26ClN3O2/c1-23(2,3)15-25-10-12-26(13-11-25)19-9-5-8-18-20(19)22(29)27(21(18)28)17-7-4-6-16(24)14-17/h4-9,14H,10-13,15H2,1-3H3. The van der Waals surface area contributed by atoms with Gasteiger partial charge in [-0.3, -0.25) is 14.5 Å². The number of nitrogens with zero attached hydrogens (tertiary/aromatic N) is 3. The van der Waals surface area contributed by atoms with Gasteiger partial charge in [-0.2, -0.15) is 0 Å². The van der Waals surface area contributed by atoms with Crippen molar-refractivity contribution in [2.75, 3.05) is 42.5 Å². The topological polar surface area (TPSA) is 43.9 Å². The van der Waals surface area contributed by atoms with E-state index in [9.17, 15) is 9.59 Å². The number of carbonyl (C=O) groups is 2. The molecular formula is C23H26ClN3O2. The third kappa shape index (κ3) is 3.89. The average Bonchev–Trinajstić information content (AvgIpc) is 2.92. The summed E-state index contributed by atoms with van der Waals surface area (Å²) in [6.07, 6.45) is 0. The molecule has 2 aromatic rings. The second-order valence-electron chi connectivity index (χ2n) is 8.95. The minimum atomic E-state index is -0.291. The van der Waals surface area contributed by atoms with Gasteiger partial charge in [0.15, 0.2) is 0 Å². The normalized spacial score (nSPS) is 17.8. The summed E-state index contributed by atoms with van der Waals surface area (Å²) >= 11 is 6.08. The summed E-state index contributed by atoms with van der Waals surface area (Å²) in [7, 11) is 0. The van der Waals surface area contributed by atoms with Crippen molar-refractivity contribution in [1.82, 2.24) is 4.90 Å². The van der Waals surface area contributed by atoms with Crippen molar-refractivity contribution in [2.45, 2.75) is 20.8 Å². The molecule has 1 fully saturated rings. The molecule has 2 heterocycles. The predicted molar refractivity (Wildman–Crippen MR) is 117 cm³/mol. The first-order valence-corrected chi connectivity index (χ1v) is 10.4. The zero-order valence-electron chi connectivity index (χ0n) is 17.1. The number of hydrogen-bond acceptors (Lipinski definition) is 4. The fourth-order valence-corrected chi connectivity index (χ4v) is 4.38. The summed E-state index contributed by atoms with van der Waals surface area (Å²) < 4.78 is 0. The van der Waals surface area contributed by atoms with E-state index < -0.39 is 0 Å². The first-order chi connectivity index (χ1) is 13.7. The molecule has 5 nitrogen and oxygen atoms in total. The Morgan fingerprint density at radius 2 is 1.62 bits per heavy atom.